The summed E-state index contributed by atoms with van der Waals surface area (Å²) in [6, 6.07) is 9.92. The molecule has 2 aromatic carbocycles. The van der Waals surface area contributed by atoms with Gasteiger partial charge in [0.2, 0.25) is 5.91 Å². The maximum absolute atomic E-state index is 13.4. The predicted molar refractivity (Wildman–Crippen MR) is 112 cm³/mol. The lowest BCUT2D eigenvalue weighted by Crippen LogP contribution is -2.55. The second kappa shape index (κ2) is 10.1. The van der Waals surface area contributed by atoms with Gasteiger partial charge in [0, 0.05) is 10.0 Å². The summed E-state index contributed by atoms with van der Waals surface area (Å²) in [5.74, 6) is -1.89. The van der Waals surface area contributed by atoms with Gasteiger partial charge in [-0.15, -0.1) is 0 Å². The van der Waals surface area contributed by atoms with Crippen LogP contribution in [0.25, 0.3) is 0 Å². The maximum atomic E-state index is 13.4. The maximum Gasteiger partial charge on any atom is 0.391 e. The highest BCUT2D eigenvalue weighted by Crippen LogP contribution is 2.43. The van der Waals surface area contributed by atoms with Gasteiger partial charge < -0.3 is 14.4 Å². The van der Waals surface area contributed by atoms with Crippen LogP contribution in [0, 0.1) is 0 Å². The van der Waals surface area contributed by atoms with Crippen molar-refractivity contribution < 1.29 is 32.2 Å². The minimum atomic E-state index is -4.72. The summed E-state index contributed by atoms with van der Waals surface area (Å²) in [7, 11) is 0. The lowest BCUT2D eigenvalue weighted by Gasteiger charge is -2.44. The average Bonchev–Trinajstić information content (AvgIpc) is 2.72. The van der Waals surface area contributed by atoms with E-state index in [-0.39, 0.29) is 6.61 Å². The van der Waals surface area contributed by atoms with Crippen molar-refractivity contribution in [1.29, 1.82) is 0 Å². The van der Waals surface area contributed by atoms with E-state index in [1.165, 1.54) is 6.92 Å². The molecule has 0 bridgehead atoms. The van der Waals surface area contributed by atoms with Gasteiger partial charge in [-0.05, 0) is 42.3 Å². The van der Waals surface area contributed by atoms with Crippen molar-refractivity contribution in [3.05, 3.63) is 69.7 Å². The monoisotopic (exact) mass is 489 g/mol. The molecule has 0 spiro atoms. The van der Waals surface area contributed by atoms with Crippen molar-refractivity contribution in [2.75, 3.05) is 13.2 Å². The summed E-state index contributed by atoms with van der Waals surface area (Å²) in [6.45, 7) is 0.846. The van der Waals surface area contributed by atoms with Crippen LogP contribution in [0.1, 0.15) is 36.6 Å². The molecular weight excluding hydrogens is 470 g/mol. The van der Waals surface area contributed by atoms with Crippen molar-refractivity contribution >= 4 is 35.1 Å². The molecule has 1 amide bonds. The molecule has 1 heterocycles. The van der Waals surface area contributed by atoms with Gasteiger partial charge in [-0.1, -0.05) is 47.5 Å². The lowest BCUT2D eigenvalue weighted by molar-refractivity contribution is -0.189. The first-order valence-corrected chi connectivity index (χ1v) is 10.5. The van der Waals surface area contributed by atoms with Gasteiger partial charge in [0.15, 0.2) is 0 Å². The van der Waals surface area contributed by atoms with Crippen molar-refractivity contribution in [1.82, 2.24) is 4.90 Å². The van der Waals surface area contributed by atoms with Crippen LogP contribution in [-0.4, -0.2) is 42.2 Å². The van der Waals surface area contributed by atoms with E-state index >= 15 is 0 Å². The summed E-state index contributed by atoms with van der Waals surface area (Å²) < 4.78 is 51.0. The molecular formula is C22H20Cl2F3NO4. The molecule has 1 fully saturated rings. The van der Waals surface area contributed by atoms with E-state index in [4.69, 9.17) is 32.7 Å². The van der Waals surface area contributed by atoms with Crippen molar-refractivity contribution in [3.63, 3.8) is 0 Å². The highest BCUT2D eigenvalue weighted by Gasteiger charge is 2.48. The Morgan fingerprint density at radius 1 is 1.16 bits per heavy atom. The highest BCUT2D eigenvalue weighted by molar-refractivity contribution is 6.30. The Labute approximate surface area is 193 Å². The Kier molecular flexibility index (Phi) is 7.69. The molecule has 172 valence electrons. The summed E-state index contributed by atoms with van der Waals surface area (Å²) in [5, 5.41) is 0.793. The molecule has 10 heteroatoms. The standard InChI is InChI=1S/C22H20Cl2F3NO4/c1-2-31-21(30)17(11-22(25,26)27)28-18(29)12-32-20(14-4-3-5-16(24)10-14)19(28)13-6-8-15(23)9-7-13/h3-10,17,19-20H,2,11-12H2,1H3. The van der Waals surface area contributed by atoms with E-state index in [0.29, 0.717) is 21.2 Å². The molecule has 32 heavy (non-hydrogen) atoms. The highest BCUT2D eigenvalue weighted by atomic mass is 35.5. The first kappa shape index (κ1) is 24.4. The molecule has 1 saturated heterocycles. The number of nitrogens with zero attached hydrogens (tertiary/aromatic N) is 1. The number of alkyl halides is 3. The van der Waals surface area contributed by atoms with Gasteiger partial charge in [-0.25, -0.2) is 4.79 Å². The molecule has 3 unspecified atom stereocenters. The lowest BCUT2D eigenvalue weighted by atomic mass is 9.91. The van der Waals surface area contributed by atoms with Gasteiger partial charge in [0.25, 0.3) is 0 Å². The van der Waals surface area contributed by atoms with Crippen LogP contribution in [0.15, 0.2) is 48.5 Å². The number of hydrogen-bond acceptors (Lipinski definition) is 4. The van der Waals surface area contributed by atoms with E-state index in [1.807, 2.05) is 0 Å². The third kappa shape index (κ3) is 5.74. The van der Waals surface area contributed by atoms with Crippen LogP contribution in [0.3, 0.4) is 0 Å². The van der Waals surface area contributed by atoms with E-state index in [1.54, 1.807) is 48.5 Å². The SMILES string of the molecule is CCOC(=O)C(CC(F)(F)F)N1C(=O)COC(c2cccc(Cl)c2)C1c1ccc(Cl)cc1. The molecule has 1 aliphatic heterocycles. The second-order valence-electron chi connectivity index (χ2n) is 7.17. The minimum absolute atomic E-state index is 0.130. The van der Waals surface area contributed by atoms with E-state index < -0.39 is 49.3 Å². The Hall–Kier alpha value is -2.29. The largest absolute Gasteiger partial charge is 0.464 e. The van der Waals surface area contributed by atoms with Crippen LogP contribution in [0.2, 0.25) is 10.0 Å². The number of ether oxygens (including phenoxy) is 2. The van der Waals surface area contributed by atoms with E-state index in [2.05, 4.69) is 0 Å². The van der Waals surface area contributed by atoms with Gasteiger partial charge in [0.05, 0.1) is 19.1 Å². The zero-order valence-corrected chi connectivity index (χ0v) is 18.5. The fourth-order valence-corrected chi connectivity index (χ4v) is 4.03. The fraction of sp³-hybridized carbons (Fsp3) is 0.364. The Morgan fingerprint density at radius 2 is 1.84 bits per heavy atom. The summed E-state index contributed by atoms with van der Waals surface area (Å²) >= 11 is 12.1. The zero-order valence-electron chi connectivity index (χ0n) is 16.9. The average molecular weight is 490 g/mol. The number of morpholine rings is 1. The minimum Gasteiger partial charge on any atom is -0.464 e. The Balaban J connectivity index is 2.15. The summed E-state index contributed by atoms with van der Waals surface area (Å²) in [4.78, 5) is 26.4. The molecule has 1 aliphatic rings. The first-order valence-electron chi connectivity index (χ1n) is 9.77. The molecule has 0 aromatic heterocycles. The molecule has 0 aliphatic carbocycles. The van der Waals surface area contributed by atoms with E-state index in [9.17, 15) is 22.8 Å². The quantitative estimate of drug-likeness (QED) is 0.501. The normalized spacial score (nSPS) is 20.2. The molecule has 2 aromatic rings. The molecule has 0 saturated carbocycles. The fourth-order valence-electron chi connectivity index (χ4n) is 3.71. The van der Waals surface area contributed by atoms with Crippen LogP contribution in [0.4, 0.5) is 13.2 Å². The molecule has 3 rings (SSSR count). The number of rotatable bonds is 6. The van der Waals surface area contributed by atoms with Gasteiger partial charge in [-0.2, -0.15) is 13.2 Å². The molecule has 5 nitrogen and oxygen atoms in total. The van der Waals surface area contributed by atoms with Crippen LogP contribution in [-0.2, 0) is 19.1 Å². The van der Waals surface area contributed by atoms with Crippen molar-refractivity contribution in [2.24, 2.45) is 0 Å². The number of carbonyl (C=O) groups is 2. The number of benzene rings is 2. The van der Waals surface area contributed by atoms with Gasteiger partial charge >= 0.3 is 12.1 Å². The van der Waals surface area contributed by atoms with Crippen LogP contribution >= 0.6 is 23.2 Å². The van der Waals surface area contributed by atoms with E-state index in [0.717, 1.165) is 4.90 Å². The smallest absolute Gasteiger partial charge is 0.391 e. The van der Waals surface area contributed by atoms with Gasteiger partial charge in [-0.3, -0.25) is 4.79 Å². The van der Waals surface area contributed by atoms with Gasteiger partial charge in [0.1, 0.15) is 18.8 Å². The molecule has 0 N–H and O–H groups in total. The number of esters is 1. The predicted octanol–water partition coefficient (Wildman–Crippen LogP) is 5.52. The number of hydrogen-bond donors (Lipinski definition) is 0. The summed E-state index contributed by atoms with van der Waals surface area (Å²) in [6.07, 6.45) is -7.14. The Morgan fingerprint density at radius 3 is 2.44 bits per heavy atom. The topological polar surface area (TPSA) is 55.8 Å². The Bertz CT molecular complexity index is 968. The van der Waals surface area contributed by atoms with Crippen LogP contribution < -0.4 is 0 Å². The number of halogens is 5. The molecule has 3 atom stereocenters. The first-order chi connectivity index (χ1) is 15.1. The van der Waals surface area contributed by atoms with Crippen molar-refractivity contribution in [2.45, 2.75) is 37.7 Å². The molecule has 0 radical (unpaired) electrons. The second-order valence-corrected chi connectivity index (χ2v) is 8.04. The number of carbonyl (C=O) groups excluding carboxylic acids is 2. The van der Waals surface area contributed by atoms with Crippen LogP contribution in [0.5, 0.6) is 0 Å². The number of amides is 1. The summed E-state index contributed by atoms with van der Waals surface area (Å²) in [5.41, 5.74) is 0.994. The third-order valence-electron chi connectivity index (χ3n) is 4.97. The van der Waals surface area contributed by atoms with Crippen molar-refractivity contribution in [3.8, 4) is 0 Å². The third-order valence-corrected chi connectivity index (χ3v) is 5.46. The zero-order chi connectivity index (χ0) is 23.5.